The van der Waals surface area contributed by atoms with Gasteiger partial charge in [0.1, 0.15) is 5.82 Å². The molecule has 1 unspecified atom stereocenters. The van der Waals surface area contributed by atoms with Gasteiger partial charge in [0, 0.05) is 44.7 Å². The topological polar surface area (TPSA) is 60.9 Å². The lowest BCUT2D eigenvalue weighted by atomic mass is 10.1. The molecule has 2 aliphatic heterocycles. The van der Waals surface area contributed by atoms with Gasteiger partial charge in [-0.3, -0.25) is 14.4 Å². The molecule has 158 valence electrons. The zero-order valence-corrected chi connectivity index (χ0v) is 17.8. The highest BCUT2D eigenvalue weighted by atomic mass is 35.5. The number of nitrogens with zero attached hydrogens (tertiary/aromatic N) is 3. The molecule has 0 saturated carbocycles. The number of carbonyl (C=O) groups excluding carboxylic acids is 3. The molecule has 1 aromatic carbocycles. The third-order valence-electron chi connectivity index (χ3n) is 5.56. The Labute approximate surface area is 175 Å². The molecule has 0 aromatic heterocycles. The summed E-state index contributed by atoms with van der Waals surface area (Å²) in [6, 6.07) is 4.16. The number of hydrogen-bond donors (Lipinski definition) is 0. The summed E-state index contributed by atoms with van der Waals surface area (Å²) in [7, 11) is 0. The van der Waals surface area contributed by atoms with Crippen LogP contribution in [0.4, 0.5) is 4.39 Å². The Hall–Kier alpha value is -2.15. The van der Waals surface area contributed by atoms with Crippen LogP contribution in [0.5, 0.6) is 0 Å². The molecule has 1 aromatic rings. The standard InChI is InChI=1S/C21H27ClFN3O3/c1-21(2,3)26-13-14(12-17(26)27)19(28)24-8-5-9-25(11-10-24)20(29)18-15(22)6-4-7-16(18)23/h4,6-7,14H,5,8-13H2,1-3H3. The van der Waals surface area contributed by atoms with Gasteiger partial charge in [0.05, 0.1) is 16.5 Å². The van der Waals surface area contributed by atoms with Gasteiger partial charge in [0.2, 0.25) is 11.8 Å². The van der Waals surface area contributed by atoms with E-state index in [0.29, 0.717) is 39.1 Å². The average molecular weight is 424 g/mol. The van der Waals surface area contributed by atoms with Crippen molar-refractivity contribution in [3.05, 3.63) is 34.6 Å². The molecule has 0 radical (unpaired) electrons. The van der Waals surface area contributed by atoms with Crippen LogP contribution in [0.25, 0.3) is 0 Å². The first-order valence-electron chi connectivity index (χ1n) is 9.92. The van der Waals surface area contributed by atoms with E-state index in [1.807, 2.05) is 20.8 Å². The molecule has 6 nitrogen and oxygen atoms in total. The van der Waals surface area contributed by atoms with Crippen molar-refractivity contribution in [1.29, 1.82) is 0 Å². The van der Waals surface area contributed by atoms with Crippen LogP contribution in [0, 0.1) is 11.7 Å². The summed E-state index contributed by atoms with van der Waals surface area (Å²) < 4.78 is 14.1. The van der Waals surface area contributed by atoms with Gasteiger partial charge in [-0.15, -0.1) is 0 Å². The van der Waals surface area contributed by atoms with Gasteiger partial charge in [0.25, 0.3) is 5.91 Å². The fraction of sp³-hybridized carbons (Fsp3) is 0.571. The quantitative estimate of drug-likeness (QED) is 0.734. The van der Waals surface area contributed by atoms with Crippen molar-refractivity contribution in [2.45, 2.75) is 39.2 Å². The van der Waals surface area contributed by atoms with E-state index in [-0.39, 0.29) is 40.3 Å². The summed E-state index contributed by atoms with van der Waals surface area (Å²) in [5.41, 5.74) is -0.441. The van der Waals surface area contributed by atoms with Crippen LogP contribution >= 0.6 is 11.6 Å². The summed E-state index contributed by atoms with van der Waals surface area (Å²) in [5, 5.41) is 0.0823. The van der Waals surface area contributed by atoms with Crippen molar-refractivity contribution in [3.8, 4) is 0 Å². The van der Waals surface area contributed by atoms with Gasteiger partial charge in [-0.05, 0) is 39.3 Å². The van der Waals surface area contributed by atoms with Crippen LogP contribution in [-0.4, -0.2) is 70.7 Å². The SMILES string of the molecule is CC(C)(C)N1CC(C(=O)N2CCCN(C(=O)c3c(F)cccc3Cl)CC2)CC1=O. The van der Waals surface area contributed by atoms with Gasteiger partial charge in [-0.2, -0.15) is 0 Å². The number of likely N-dealkylation sites (tertiary alicyclic amines) is 1. The van der Waals surface area contributed by atoms with Gasteiger partial charge in [-0.25, -0.2) is 4.39 Å². The van der Waals surface area contributed by atoms with E-state index in [1.165, 1.54) is 18.2 Å². The van der Waals surface area contributed by atoms with Gasteiger partial charge in [-0.1, -0.05) is 17.7 Å². The lowest BCUT2D eigenvalue weighted by Crippen LogP contribution is -2.44. The lowest BCUT2D eigenvalue weighted by Gasteiger charge is -2.32. The largest absolute Gasteiger partial charge is 0.341 e. The summed E-state index contributed by atoms with van der Waals surface area (Å²) in [6.07, 6.45) is 0.813. The van der Waals surface area contributed by atoms with Crippen molar-refractivity contribution in [2.24, 2.45) is 5.92 Å². The molecule has 29 heavy (non-hydrogen) atoms. The van der Waals surface area contributed by atoms with E-state index >= 15 is 0 Å². The number of rotatable bonds is 2. The molecule has 1 atom stereocenters. The molecule has 2 saturated heterocycles. The summed E-state index contributed by atoms with van der Waals surface area (Å²) in [5.74, 6) is -1.52. The number of amides is 3. The maximum atomic E-state index is 14.1. The smallest absolute Gasteiger partial charge is 0.258 e. The van der Waals surface area contributed by atoms with E-state index < -0.39 is 11.7 Å². The molecule has 0 spiro atoms. The molecule has 0 bridgehead atoms. The molecule has 8 heteroatoms. The minimum Gasteiger partial charge on any atom is -0.341 e. The van der Waals surface area contributed by atoms with Crippen LogP contribution in [0.2, 0.25) is 5.02 Å². The third kappa shape index (κ3) is 4.55. The van der Waals surface area contributed by atoms with Crippen molar-refractivity contribution in [2.75, 3.05) is 32.7 Å². The predicted octanol–water partition coefficient (Wildman–Crippen LogP) is 2.80. The highest BCUT2D eigenvalue weighted by Crippen LogP contribution is 2.28. The first-order valence-corrected chi connectivity index (χ1v) is 10.3. The fourth-order valence-electron chi connectivity index (χ4n) is 3.98. The third-order valence-corrected chi connectivity index (χ3v) is 5.87. The predicted molar refractivity (Wildman–Crippen MR) is 108 cm³/mol. The van der Waals surface area contributed by atoms with Crippen LogP contribution in [0.3, 0.4) is 0 Å². The molecular formula is C21H27ClFN3O3. The van der Waals surface area contributed by atoms with E-state index in [1.54, 1.807) is 14.7 Å². The molecule has 3 rings (SSSR count). The van der Waals surface area contributed by atoms with E-state index in [0.717, 1.165) is 0 Å². The summed E-state index contributed by atoms with van der Waals surface area (Å²) in [6.45, 7) is 7.89. The van der Waals surface area contributed by atoms with E-state index in [2.05, 4.69) is 0 Å². The summed E-state index contributed by atoms with van der Waals surface area (Å²) >= 11 is 6.03. The molecule has 2 fully saturated rings. The van der Waals surface area contributed by atoms with Crippen molar-refractivity contribution < 1.29 is 18.8 Å². The van der Waals surface area contributed by atoms with Gasteiger partial charge < -0.3 is 14.7 Å². The molecule has 0 aliphatic carbocycles. The van der Waals surface area contributed by atoms with E-state index in [4.69, 9.17) is 11.6 Å². The fourth-order valence-corrected chi connectivity index (χ4v) is 4.22. The van der Waals surface area contributed by atoms with Crippen molar-refractivity contribution in [3.63, 3.8) is 0 Å². The second kappa shape index (κ2) is 8.30. The maximum Gasteiger partial charge on any atom is 0.258 e. The minimum absolute atomic E-state index is 0.00308. The second-order valence-electron chi connectivity index (χ2n) is 8.64. The van der Waals surface area contributed by atoms with Crippen LogP contribution in [0.15, 0.2) is 18.2 Å². The average Bonchev–Trinajstić information content (AvgIpc) is 2.87. The Morgan fingerprint density at radius 3 is 2.38 bits per heavy atom. The van der Waals surface area contributed by atoms with Gasteiger partial charge in [0.15, 0.2) is 0 Å². The molecule has 3 amide bonds. The second-order valence-corrected chi connectivity index (χ2v) is 9.05. The normalized spacial score (nSPS) is 20.8. The Morgan fingerprint density at radius 2 is 1.76 bits per heavy atom. The first-order chi connectivity index (χ1) is 13.6. The molecular weight excluding hydrogens is 397 g/mol. The maximum absolute atomic E-state index is 14.1. The molecule has 0 N–H and O–H groups in total. The zero-order chi connectivity index (χ0) is 21.3. The van der Waals surface area contributed by atoms with Crippen molar-refractivity contribution in [1.82, 2.24) is 14.7 Å². The van der Waals surface area contributed by atoms with Gasteiger partial charge >= 0.3 is 0 Å². The van der Waals surface area contributed by atoms with Crippen LogP contribution in [-0.2, 0) is 9.59 Å². The number of hydrogen-bond acceptors (Lipinski definition) is 3. The number of carbonyl (C=O) groups is 3. The summed E-state index contributed by atoms with van der Waals surface area (Å²) in [4.78, 5) is 43.1. The Morgan fingerprint density at radius 1 is 1.10 bits per heavy atom. The molecule has 2 aliphatic rings. The lowest BCUT2D eigenvalue weighted by molar-refractivity contribution is -0.135. The Bertz CT molecular complexity index is 804. The zero-order valence-electron chi connectivity index (χ0n) is 17.1. The Balaban J connectivity index is 1.65. The molecule has 2 heterocycles. The minimum atomic E-state index is -0.647. The highest BCUT2D eigenvalue weighted by Gasteiger charge is 2.41. The number of halogens is 2. The van der Waals surface area contributed by atoms with E-state index in [9.17, 15) is 18.8 Å². The highest BCUT2D eigenvalue weighted by molar-refractivity contribution is 6.33. The monoisotopic (exact) mass is 423 g/mol. The number of benzene rings is 1. The first kappa shape index (κ1) is 21.6. The van der Waals surface area contributed by atoms with Crippen LogP contribution < -0.4 is 0 Å². The van der Waals surface area contributed by atoms with Crippen molar-refractivity contribution >= 4 is 29.3 Å². The Kier molecular flexibility index (Phi) is 6.17. The van der Waals surface area contributed by atoms with Crippen LogP contribution in [0.1, 0.15) is 44.0 Å².